The summed E-state index contributed by atoms with van der Waals surface area (Å²) in [5.74, 6) is 0. The first-order valence-corrected chi connectivity index (χ1v) is 16.8. The van der Waals surface area contributed by atoms with Crippen molar-refractivity contribution in [3.05, 3.63) is 77.1 Å². The van der Waals surface area contributed by atoms with Crippen molar-refractivity contribution in [2.75, 3.05) is 51.8 Å². The molecule has 10 nitrogen and oxygen atoms in total. The van der Waals surface area contributed by atoms with Crippen LogP contribution >= 0.6 is 0 Å². The Labute approximate surface area is 272 Å². The fraction of sp³-hybridized carbons (Fsp3) is 0.472. The molecular formula is C36H48N8O2. The van der Waals surface area contributed by atoms with Crippen molar-refractivity contribution in [1.82, 2.24) is 35.2 Å². The number of aromatic nitrogens is 3. The Morgan fingerprint density at radius 1 is 0.935 bits per heavy atom. The maximum atomic E-state index is 13.1. The third-order valence-electron chi connectivity index (χ3n) is 9.24. The molecule has 0 bridgehead atoms. The molecule has 46 heavy (non-hydrogen) atoms. The quantitative estimate of drug-likeness (QED) is 0.216. The van der Waals surface area contributed by atoms with Gasteiger partial charge >= 0.3 is 6.03 Å². The van der Waals surface area contributed by atoms with Gasteiger partial charge in [0.15, 0.2) is 5.65 Å². The third-order valence-corrected chi connectivity index (χ3v) is 9.24. The lowest BCUT2D eigenvalue weighted by Gasteiger charge is -2.32. The average molecular weight is 625 g/mol. The van der Waals surface area contributed by atoms with E-state index in [4.69, 9.17) is 9.72 Å². The molecule has 2 fully saturated rings. The maximum absolute atomic E-state index is 13.1. The number of hydrogen-bond donors (Lipinski definition) is 3. The summed E-state index contributed by atoms with van der Waals surface area (Å²) in [6, 6.07) is 17.4. The lowest BCUT2D eigenvalue weighted by Crippen LogP contribution is -2.43. The molecule has 2 aromatic heterocycles. The highest BCUT2D eigenvalue weighted by Crippen LogP contribution is 2.31. The standard InChI is InChI=1S/C36H48N8O2/c1-4-33-31(34(40-30-12-18-46-19-13-30)32-24-39-44(5-2)35(32)41-33)23-38-36(45)37-22-26-8-6-10-28(20-26)29-11-7-9-27(21-29)25-43-16-14-42(3)15-17-43/h6-11,20-21,24,30H,4-5,12-19,22-23,25H2,1-3H3,(H,40,41)(H2,37,38,45). The van der Waals surface area contributed by atoms with Crippen LogP contribution in [0.15, 0.2) is 54.7 Å². The van der Waals surface area contributed by atoms with Gasteiger partial charge in [-0.15, -0.1) is 0 Å². The van der Waals surface area contributed by atoms with Crippen molar-refractivity contribution in [3.8, 4) is 11.1 Å². The topological polar surface area (TPSA) is 99.6 Å². The van der Waals surface area contributed by atoms with Gasteiger partial charge in [-0.25, -0.2) is 14.5 Å². The molecule has 0 aliphatic carbocycles. The molecule has 0 spiro atoms. The normalized spacial score (nSPS) is 16.5. The second-order valence-corrected chi connectivity index (χ2v) is 12.5. The molecule has 0 atom stereocenters. The predicted molar refractivity (Wildman–Crippen MR) is 184 cm³/mol. The zero-order valence-corrected chi connectivity index (χ0v) is 27.5. The highest BCUT2D eigenvalue weighted by Gasteiger charge is 2.22. The molecule has 0 saturated carbocycles. The zero-order chi connectivity index (χ0) is 31.9. The Morgan fingerprint density at radius 2 is 1.63 bits per heavy atom. The van der Waals surface area contributed by atoms with Crippen molar-refractivity contribution in [2.45, 2.75) is 65.3 Å². The fourth-order valence-electron chi connectivity index (χ4n) is 6.49. The van der Waals surface area contributed by atoms with Crippen LogP contribution in [-0.2, 0) is 37.3 Å². The van der Waals surface area contributed by atoms with Gasteiger partial charge in [-0.05, 0) is 67.6 Å². The minimum Gasteiger partial charge on any atom is -0.381 e. The lowest BCUT2D eigenvalue weighted by atomic mass is 10.0. The van der Waals surface area contributed by atoms with Crippen LogP contribution < -0.4 is 16.0 Å². The van der Waals surface area contributed by atoms with Gasteiger partial charge in [-0.1, -0.05) is 43.3 Å². The average Bonchev–Trinajstić information content (AvgIpc) is 3.51. The number of nitrogens with zero attached hydrogens (tertiary/aromatic N) is 5. The van der Waals surface area contributed by atoms with Crippen molar-refractivity contribution < 1.29 is 9.53 Å². The van der Waals surface area contributed by atoms with Gasteiger partial charge in [0.05, 0.1) is 17.3 Å². The number of fused-ring (bicyclic) bond motifs is 1. The SMILES string of the molecule is CCc1nc2c(cnn2CC)c(NC2CCOCC2)c1CNC(=O)NCc1cccc(-c2cccc(CN3CCN(C)CC3)c2)c1. The Kier molecular flexibility index (Phi) is 10.5. The first-order chi connectivity index (χ1) is 22.5. The number of pyridine rings is 1. The van der Waals surface area contributed by atoms with E-state index in [0.29, 0.717) is 19.1 Å². The second-order valence-electron chi connectivity index (χ2n) is 12.5. The van der Waals surface area contributed by atoms with E-state index in [9.17, 15) is 4.79 Å². The van der Waals surface area contributed by atoms with Gasteiger partial charge in [-0.2, -0.15) is 5.10 Å². The number of aryl methyl sites for hydroxylation is 2. The van der Waals surface area contributed by atoms with E-state index >= 15 is 0 Å². The number of urea groups is 1. The molecule has 2 aromatic carbocycles. The summed E-state index contributed by atoms with van der Waals surface area (Å²) in [5, 5.41) is 15.6. The van der Waals surface area contributed by atoms with Crippen LogP contribution in [0.5, 0.6) is 0 Å². The van der Waals surface area contributed by atoms with E-state index in [1.54, 1.807) is 0 Å². The van der Waals surface area contributed by atoms with E-state index in [1.807, 2.05) is 10.9 Å². The summed E-state index contributed by atoms with van der Waals surface area (Å²) in [5.41, 5.74) is 8.64. The molecule has 3 N–H and O–H groups in total. The molecular weight excluding hydrogens is 576 g/mol. The molecule has 244 valence electrons. The van der Waals surface area contributed by atoms with Crippen LogP contribution in [0.2, 0.25) is 0 Å². The van der Waals surface area contributed by atoms with E-state index in [-0.39, 0.29) is 6.03 Å². The smallest absolute Gasteiger partial charge is 0.315 e. The molecule has 0 radical (unpaired) electrons. The summed E-state index contributed by atoms with van der Waals surface area (Å²) in [6.45, 7) is 12.7. The Hall–Kier alpha value is -3.99. The molecule has 2 aliphatic rings. The van der Waals surface area contributed by atoms with Crippen LogP contribution in [-0.4, -0.2) is 83.1 Å². The van der Waals surface area contributed by atoms with E-state index in [0.717, 1.165) is 111 Å². The maximum Gasteiger partial charge on any atom is 0.315 e. The zero-order valence-electron chi connectivity index (χ0n) is 27.5. The number of nitrogens with one attached hydrogen (secondary N) is 3. The molecule has 0 unspecified atom stereocenters. The van der Waals surface area contributed by atoms with Gasteiger partial charge in [0.25, 0.3) is 0 Å². The number of amides is 2. The van der Waals surface area contributed by atoms with Crippen LogP contribution in [0.4, 0.5) is 10.5 Å². The van der Waals surface area contributed by atoms with Gasteiger partial charge < -0.3 is 25.6 Å². The van der Waals surface area contributed by atoms with Crippen LogP contribution in [0.25, 0.3) is 22.2 Å². The summed E-state index contributed by atoms with van der Waals surface area (Å²) >= 11 is 0. The number of ether oxygens (including phenoxy) is 1. The second kappa shape index (κ2) is 15.1. The summed E-state index contributed by atoms with van der Waals surface area (Å²) < 4.78 is 7.53. The number of hydrogen-bond acceptors (Lipinski definition) is 7. The Balaban J connectivity index is 1.11. The van der Waals surface area contributed by atoms with Gasteiger partial charge in [-0.3, -0.25) is 4.90 Å². The van der Waals surface area contributed by atoms with Crippen molar-refractivity contribution in [3.63, 3.8) is 0 Å². The molecule has 4 heterocycles. The molecule has 2 amide bonds. The summed E-state index contributed by atoms with van der Waals surface area (Å²) in [7, 11) is 2.19. The summed E-state index contributed by atoms with van der Waals surface area (Å²) in [4.78, 5) is 23.0. The predicted octanol–water partition coefficient (Wildman–Crippen LogP) is 5.02. The van der Waals surface area contributed by atoms with Crippen LogP contribution in [0.1, 0.15) is 49.1 Å². The molecule has 6 rings (SSSR count). The first kappa shape index (κ1) is 32.0. The first-order valence-electron chi connectivity index (χ1n) is 16.8. The number of likely N-dealkylation sites (N-methyl/N-ethyl adjacent to an activating group) is 1. The number of carbonyl (C=O) groups is 1. The van der Waals surface area contributed by atoms with E-state index < -0.39 is 0 Å². The van der Waals surface area contributed by atoms with Gasteiger partial charge in [0.2, 0.25) is 0 Å². The summed E-state index contributed by atoms with van der Waals surface area (Å²) in [6.07, 6.45) is 4.54. The molecule has 2 saturated heterocycles. The van der Waals surface area contributed by atoms with Crippen LogP contribution in [0.3, 0.4) is 0 Å². The number of benzene rings is 2. The minimum absolute atomic E-state index is 0.206. The fourth-order valence-corrected chi connectivity index (χ4v) is 6.49. The monoisotopic (exact) mass is 624 g/mol. The van der Waals surface area contributed by atoms with E-state index in [1.165, 1.54) is 11.1 Å². The molecule has 2 aliphatic heterocycles. The largest absolute Gasteiger partial charge is 0.381 e. The molecule has 4 aromatic rings. The minimum atomic E-state index is -0.206. The number of anilines is 1. The van der Waals surface area contributed by atoms with Gasteiger partial charge in [0.1, 0.15) is 0 Å². The lowest BCUT2D eigenvalue weighted by molar-refractivity contribution is 0.0904. The third kappa shape index (κ3) is 7.68. The highest BCUT2D eigenvalue weighted by atomic mass is 16.5. The number of carbonyl (C=O) groups excluding carboxylic acids is 1. The van der Waals surface area contributed by atoms with Crippen molar-refractivity contribution >= 4 is 22.8 Å². The highest BCUT2D eigenvalue weighted by molar-refractivity contribution is 5.92. The molecule has 10 heteroatoms. The number of piperazine rings is 1. The number of rotatable bonds is 11. The van der Waals surface area contributed by atoms with E-state index in [2.05, 4.69) is 100 Å². The Bertz CT molecular complexity index is 1620. The van der Waals surface area contributed by atoms with Gasteiger partial charge in [0, 0.05) is 82.9 Å². The van der Waals surface area contributed by atoms with Crippen molar-refractivity contribution in [1.29, 1.82) is 0 Å². The Morgan fingerprint density at radius 3 is 2.35 bits per heavy atom. The van der Waals surface area contributed by atoms with Crippen molar-refractivity contribution in [2.24, 2.45) is 0 Å². The van der Waals surface area contributed by atoms with Crippen LogP contribution in [0, 0.1) is 0 Å².